The van der Waals surface area contributed by atoms with E-state index < -0.39 is 6.09 Å². The van der Waals surface area contributed by atoms with Crippen molar-refractivity contribution < 1.29 is 14.6 Å². The van der Waals surface area contributed by atoms with E-state index >= 15 is 0 Å². The molecule has 0 radical (unpaired) electrons. The lowest BCUT2D eigenvalue weighted by molar-refractivity contribution is 0.198. The smallest absolute Gasteiger partial charge is 0.411 e. The predicted octanol–water partition coefficient (Wildman–Crippen LogP) is 2.97. The number of hydrogen-bond acceptors (Lipinski definition) is 5. The zero-order valence-corrected chi connectivity index (χ0v) is 16.3. The Morgan fingerprint density at radius 3 is 2.57 bits per heavy atom. The molecule has 2 aromatic carbocycles. The molecule has 0 atom stereocenters. The molecule has 1 fully saturated rings. The van der Waals surface area contributed by atoms with Crippen molar-refractivity contribution >= 4 is 23.2 Å². The van der Waals surface area contributed by atoms with Crippen LogP contribution in [0.5, 0.6) is 5.75 Å². The van der Waals surface area contributed by atoms with Gasteiger partial charge in [0.05, 0.1) is 12.3 Å². The summed E-state index contributed by atoms with van der Waals surface area (Å²) in [6, 6.07) is 15.2. The highest BCUT2D eigenvalue weighted by Gasteiger charge is 2.22. The van der Waals surface area contributed by atoms with Crippen molar-refractivity contribution in [3.05, 3.63) is 48.5 Å². The number of amides is 1. The molecule has 3 rings (SSSR count). The molecular formula is C21H28N4O3. The van der Waals surface area contributed by atoms with Gasteiger partial charge in [0.15, 0.2) is 0 Å². The molecule has 1 amide bonds. The average molecular weight is 384 g/mol. The summed E-state index contributed by atoms with van der Waals surface area (Å²) >= 11 is 0. The van der Waals surface area contributed by atoms with Gasteiger partial charge in [0.1, 0.15) is 5.75 Å². The maximum atomic E-state index is 11.8. The van der Waals surface area contributed by atoms with Gasteiger partial charge >= 0.3 is 6.09 Å². The van der Waals surface area contributed by atoms with Crippen LogP contribution in [0.2, 0.25) is 0 Å². The van der Waals surface area contributed by atoms with Crippen LogP contribution in [0.4, 0.5) is 21.9 Å². The molecule has 0 aromatic heterocycles. The summed E-state index contributed by atoms with van der Waals surface area (Å²) in [6.07, 6.45) is -0.967. The first-order valence-electron chi connectivity index (χ1n) is 9.63. The van der Waals surface area contributed by atoms with Gasteiger partial charge in [0, 0.05) is 50.6 Å². The van der Waals surface area contributed by atoms with E-state index in [0.29, 0.717) is 31.1 Å². The van der Waals surface area contributed by atoms with Crippen LogP contribution in [0.3, 0.4) is 0 Å². The number of ether oxygens (including phenoxy) is 1. The molecule has 1 aliphatic heterocycles. The molecule has 3 N–H and O–H groups in total. The van der Waals surface area contributed by atoms with E-state index in [0.717, 1.165) is 37.6 Å². The third-order valence-electron chi connectivity index (χ3n) is 4.93. The van der Waals surface area contributed by atoms with Crippen LogP contribution < -0.4 is 20.3 Å². The van der Waals surface area contributed by atoms with Crippen molar-refractivity contribution in [3.63, 3.8) is 0 Å². The first-order chi connectivity index (χ1) is 13.6. The summed E-state index contributed by atoms with van der Waals surface area (Å²) < 4.78 is 5.60. The Hall–Kier alpha value is -2.93. The van der Waals surface area contributed by atoms with Crippen molar-refractivity contribution in [2.24, 2.45) is 0 Å². The Labute approximate surface area is 165 Å². The molecule has 1 aliphatic rings. The lowest BCUT2D eigenvalue weighted by Crippen LogP contribution is -2.49. The molecule has 0 bridgehead atoms. The van der Waals surface area contributed by atoms with Gasteiger partial charge in [0.25, 0.3) is 0 Å². The van der Waals surface area contributed by atoms with Gasteiger partial charge in [-0.2, -0.15) is 0 Å². The number of rotatable bonds is 7. The fourth-order valence-electron chi connectivity index (χ4n) is 3.47. The minimum Gasteiger partial charge on any atom is -0.492 e. The summed E-state index contributed by atoms with van der Waals surface area (Å²) in [5.41, 5.74) is 8.38. The van der Waals surface area contributed by atoms with E-state index in [-0.39, 0.29) is 0 Å². The number of carbonyl (C=O) groups is 1. The zero-order valence-electron chi connectivity index (χ0n) is 16.3. The van der Waals surface area contributed by atoms with Gasteiger partial charge < -0.3 is 20.5 Å². The second-order valence-electron chi connectivity index (χ2n) is 6.76. The van der Waals surface area contributed by atoms with Crippen LogP contribution in [0, 0.1) is 0 Å². The molecule has 28 heavy (non-hydrogen) atoms. The van der Waals surface area contributed by atoms with Crippen molar-refractivity contribution in [2.75, 3.05) is 61.4 Å². The van der Waals surface area contributed by atoms with Crippen molar-refractivity contribution in [1.29, 1.82) is 0 Å². The topological polar surface area (TPSA) is 82.3 Å². The number of nitrogen functional groups attached to an aromatic ring is 1. The molecular weight excluding hydrogens is 356 g/mol. The first kappa shape index (κ1) is 19.8. The molecule has 7 nitrogen and oxygen atoms in total. The Balaban J connectivity index is 1.58. The second-order valence-corrected chi connectivity index (χ2v) is 6.76. The van der Waals surface area contributed by atoms with Gasteiger partial charge in [-0.05, 0) is 37.3 Å². The molecule has 0 aliphatic carbocycles. The summed E-state index contributed by atoms with van der Waals surface area (Å²) in [7, 11) is 0. The van der Waals surface area contributed by atoms with Crippen molar-refractivity contribution in [3.8, 4) is 5.75 Å². The Morgan fingerprint density at radius 2 is 1.89 bits per heavy atom. The molecule has 2 aromatic rings. The van der Waals surface area contributed by atoms with Crippen LogP contribution >= 0.6 is 0 Å². The number of hydrogen-bond donors (Lipinski definition) is 2. The number of nitrogens with zero attached hydrogens (tertiary/aromatic N) is 3. The second kappa shape index (κ2) is 9.32. The molecule has 0 spiro atoms. The van der Waals surface area contributed by atoms with Crippen LogP contribution in [0.15, 0.2) is 48.5 Å². The molecule has 1 saturated heterocycles. The Bertz CT molecular complexity index is 791. The van der Waals surface area contributed by atoms with Crippen molar-refractivity contribution in [1.82, 2.24) is 4.90 Å². The lowest BCUT2D eigenvalue weighted by Gasteiger charge is -2.37. The van der Waals surface area contributed by atoms with Gasteiger partial charge in [-0.3, -0.25) is 9.80 Å². The molecule has 150 valence electrons. The van der Waals surface area contributed by atoms with E-state index in [1.165, 1.54) is 4.90 Å². The third kappa shape index (κ3) is 4.86. The number of nitrogens with two attached hydrogens (primary N) is 1. The van der Waals surface area contributed by atoms with E-state index in [1.807, 2.05) is 37.3 Å². The first-order valence-corrected chi connectivity index (χ1v) is 9.63. The highest BCUT2D eigenvalue weighted by Crippen LogP contribution is 2.28. The van der Waals surface area contributed by atoms with Crippen LogP contribution in [-0.4, -0.2) is 62.0 Å². The van der Waals surface area contributed by atoms with E-state index in [9.17, 15) is 9.90 Å². The van der Waals surface area contributed by atoms with Gasteiger partial charge in [-0.25, -0.2) is 4.79 Å². The molecule has 0 unspecified atom stereocenters. The van der Waals surface area contributed by atoms with Crippen LogP contribution in [0.1, 0.15) is 6.92 Å². The SMILES string of the molecule is CCOc1ccccc1N(CCN1CCN(c2cccc(N)c2)CC1)C(=O)O. The highest BCUT2D eigenvalue weighted by atomic mass is 16.5. The molecule has 7 heteroatoms. The van der Waals surface area contributed by atoms with E-state index in [1.54, 1.807) is 12.1 Å². The maximum Gasteiger partial charge on any atom is 0.411 e. The standard InChI is InChI=1S/C21H28N4O3/c1-2-28-20-9-4-3-8-19(20)25(21(26)27)15-12-23-10-13-24(14-11-23)18-7-5-6-17(22)16-18/h3-9,16H,2,10-15,22H2,1H3,(H,26,27). The molecule has 1 heterocycles. The quantitative estimate of drug-likeness (QED) is 0.714. The summed E-state index contributed by atoms with van der Waals surface area (Å²) in [5, 5.41) is 9.70. The Kier molecular flexibility index (Phi) is 6.60. The van der Waals surface area contributed by atoms with E-state index in [2.05, 4.69) is 15.9 Å². The zero-order chi connectivity index (χ0) is 19.9. The average Bonchev–Trinajstić information content (AvgIpc) is 2.70. The minimum absolute atomic E-state index is 0.401. The number of para-hydroxylation sites is 2. The predicted molar refractivity (Wildman–Crippen MR) is 112 cm³/mol. The fraction of sp³-hybridized carbons (Fsp3) is 0.381. The van der Waals surface area contributed by atoms with Gasteiger partial charge in [-0.1, -0.05) is 18.2 Å². The maximum absolute atomic E-state index is 11.8. The summed E-state index contributed by atoms with van der Waals surface area (Å²) in [4.78, 5) is 17.8. The summed E-state index contributed by atoms with van der Waals surface area (Å²) in [5.74, 6) is 0.596. The van der Waals surface area contributed by atoms with Crippen LogP contribution in [0.25, 0.3) is 0 Å². The fourth-order valence-corrected chi connectivity index (χ4v) is 3.47. The highest BCUT2D eigenvalue weighted by molar-refractivity contribution is 5.88. The third-order valence-corrected chi connectivity index (χ3v) is 4.93. The van der Waals surface area contributed by atoms with Gasteiger partial charge in [-0.15, -0.1) is 0 Å². The van der Waals surface area contributed by atoms with Crippen LogP contribution in [-0.2, 0) is 0 Å². The van der Waals surface area contributed by atoms with E-state index in [4.69, 9.17) is 10.5 Å². The summed E-state index contributed by atoms with van der Waals surface area (Å²) in [6.45, 7) is 7.02. The number of carboxylic acid groups (broad SMARTS) is 1. The molecule has 0 saturated carbocycles. The Morgan fingerprint density at radius 1 is 1.14 bits per heavy atom. The minimum atomic E-state index is -0.967. The lowest BCUT2D eigenvalue weighted by atomic mass is 10.2. The number of benzene rings is 2. The number of anilines is 3. The van der Waals surface area contributed by atoms with Crippen molar-refractivity contribution in [2.45, 2.75) is 6.92 Å². The largest absolute Gasteiger partial charge is 0.492 e. The monoisotopic (exact) mass is 384 g/mol. The van der Waals surface area contributed by atoms with Gasteiger partial charge in [0.2, 0.25) is 0 Å². The normalized spacial score (nSPS) is 14.7. The number of piperazine rings is 1.